The minimum Gasteiger partial charge on any atom is -0.444 e. The van der Waals surface area contributed by atoms with Gasteiger partial charge in [0, 0.05) is 10.8 Å². The number of hydrogen-bond acceptors (Lipinski definition) is 4. The number of rotatable bonds is 5. The number of nitrogens with one attached hydrogen (secondary N) is 1. The first-order chi connectivity index (χ1) is 8.78. The molecule has 2 atom stereocenters. The first kappa shape index (κ1) is 16.0. The van der Waals surface area contributed by atoms with E-state index < -0.39 is 17.9 Å². The van der Waals surface area contributed by atoms with Crippen molar-refractivity contribution in [2.24, 2.45) is 5.92 Å². The minimum atomic E-state index is -0.880. The van der Waals surface area contributed by atoms with Gasteiger partial charge in [-0.2, -0.15) is 0 Å². The third-order valence-corrected chi connectivity index (χ3v) is 3.57. The lowest BCUT2D eigenvalue weighted by molar-refractivity contribution is 0.0236. The molecule has 2 N–H and O–H groups in total. The van der Waals surface area contributed by atoms with Crippen molar-refractivity contribution >= 4 is 17.4 Å². The molecule has 0 aliphatic heterocycles. The van der Waals surface area contributed by atoms with Crippen LogP contribution in [0.25, 0.3) is 0 Å². The molecular formula is C14H23NO3S. The van der Waals surface area contributed by atoms with E-state index in [2.05, 4.69) is 11.4 Å². The molecular weight excluding hydrogens is 262 g/mol. The van der Waals surface area contributed by atoms with E-state index in [0.29, 0.717) is 0 Å². The van der Waals surface area contributed by atoms with Crippen molar-refractivity contribution in [3.8, 4) is 0 Å². The number of aliphatic hydroxyl groups excluding tert-OH is 1. The molecule has 0 aliphatic rings. The summed E-state index contributed by atoms with van der Waals surface area (Å²) in [4.78, 5) is 12.8. The maximum atomic E-state index is 11.5. The molecule has 4 nitrogen and oxygen atoms in total. The SMILES string of the molecule is C[C@H](CCc1cccs1)C(O)NC(=O)OC(C)(C)C. The van der Waals surface area contributed by atoms with Crippen molar-refractivity contribution in [3.63, 3.8) is 0 Å². The van der Waals surface area contributed by atoms with Crippen LogP contribution in [0.2, 0.25) is 0 Å². The summed E-state index contributed by atoms with van der Waals surface area (Å²) in [6, 6.07) is 4.09. The molecule has 0 aliphatic carbocycles. The van der Waals surface area contributed by atoms with Crippen LogP contribution < -0.4 is 5.32 Å². The molecule has 1 heterocycles. The number of aryl methyl sites for hydroxylation is 1. The van der Waals surface area contributed by atoms with Gasteiger partial charge in [-0.1, -0.05) is 13.0 Å². The molecule has 0 saturated carbocycles. The molecule has 108 valence electrons. The van der Waals surface area contributed by atoms with Gasteiger partial charge in [0.2, 0.25) is 0 Å². The molecule has 1 unspecified atom stereocenters. The van der Waals surface area contributed by atoms with Crippen LogP contribution in [0.1, 0.15) is 39.0 Å². The lowest BCUT2D eigenvalue weighted by Gasteiger charge is -2.24. The molecule has 0 bridgehead atoms. The van der Waals surface area contributed by atoms with Gasteiger partial charge in [-0.25, -0.2) is 4.79 Å². The number of hydrogen-bond donors (Lipinski definition) is 2. The fraction of sp³-hybridized carbons (Fsp3) is 0.643. The van der Waals surface area contributed by atoms with E-state index in [1.807, 2.05) is 18.4 Å². The standard InChI is InChI=1S/C14H23NO3S/c1-10(7-8-11-6-5-9-19-11)12(16)15-13(17)18-14(2,3)4/h5-6,9-10,12,16H,7-8H2,1-4H3,(H,15,17)/t10-,12?/m1/s1. The summed E-state index contributed by atoms with van der Waals surface area (Å²) >= 11 is 1.70. The fourth-order valence-electron chi connectivity index (χ4n) is 1.55. The second-order valence-corrected chi connectivity index (χ2v) is 6.72. The van der Waals surface area contributed by atoms with Gasteiger partial charge in [0.1, 0.15) is 11.8 Å². The van der Waals surface area contributed by atoms with Crippen molar-refractivity contribution in [1.29, 1.82) is 0 Å². The molecule has 1 aromatic heterocycles. The number of carbonyl (C=O) groups is 1. The Hall–Kier alpha value is -1.07. The largest absolute Gasteiger partial charge is 0.444 e. The summed E-state index contributed by atoms with van der Waals surface area (Å²) in [5.41, 5.74) is -0.552. The maximum Gasteiger partial charge on any atom is 0.409 e. The highest BCUT2D eigenvalue weighted by Gasteiger charge is 2.21. The summed E-state index contributed by atoms with van der Waals surface area (Å²) in [6.45, 7) is 7.28. The van der Waals surface area contributed by atoms with Gasteiger partial charge in [0.05, 0.1) is 0 Å². The van der Waals surface area contributed by atoms with Crippen LogP contribution in [0.4, 0.5) is 4.79 Å². The van der Waals surface area contributed by atoms with Crippen LogP contribution in [-0.4, -0.2) is 23.0 Å². The van der Waals surface area contributed by atoms with Crippen LogP contribution >= 0.6 is 11.3 Å². The van der Waals surface area contributed by atoms with Crippen LogP contribution in [-0.2, 0) is 11.2 Å². The summed E-state index contributed by atoms with van der Waals surface area (Å²) in [5.74, 6) is -0.0189. The predicted octanol–water partition coefficient (Wildman–Crippen LogP) is 3.16. The van der Waals surface area contributed by atoms with E-state index in [9.17, 15) is 9.90 Å². The Morgan fingerprint density at radius 3 is 2.74 bits per heavy atom. The van der Waals surface area contributed by atoms with E-state index in [0.717, 1.165) is 12.8 Å². The van der Waals surface area contributed by atoms with Gasteiger partial charge in [0.25, 0.3) is 0 Å². The van der Waals surface area contributed by atoms with E-state index in [4.69, 9.17) is 4.74 Å². The van der Waals surface area contributed by atoms with E-state index in [-0.39, 0.29) is 5.92 Å². The van der Waals surface area contributed by atoms with Crippen LogP contribution in [0.5, 0.6) is 0 Å². The highest BCUT2D eigenvalue weighted by Crippen LogP contribution is 2.16. The Kier molecular flexibility index (Phi) is 5.82. The van der Waals surface area contributed by atoms with Crippen LogP contribution in [0.3, 0.4) is 0 Å². The number of alkyl carbamates (subject to hydrolysis) is 1. The van der Waals surface area contributed by atoms with Gasteiger partial charge < -0.3 is 9.84 Å². The van der Waals surface area contributed by atoms with Crippen LogP contribution in [0.15, 0.2) is 17.5 Å². The van der Waals surface area contributed by atoms with Gasteiger partial charge in [-0.15, -0.1) is 11.3 Å². The molecule has 0 fully saturated rings. The predicted molar refractivity (Wildman–Crippen MR) is 77.2 cm³/mol. The van der Waals surface area contributed by atoms with Crippen molar-refractivity contribution < 1.29 is 14.6 Å². The van der Waals surface area contributed by atoms with Crippen LogP contribution in [0, 0.1) is 5.92 Å². The normalized spacial score (nSPS) is 14.8. The summed E-state index contributed by atoms with van der Waals surface area (Å²) in [7, 11) is 0. The lowest BCUT2D eigenvalue weighted by Crippen LogP contribution is -2.42. The van der Waals surface area contributed by atoms with E-state index in [1.54, 1.807) is 32.1 Å². The molecule has 19 heavy (non-hydrogen) atoms. The zero-order chi connectivity index (χ0) is 14.5. The molecule has 0 radical (unpaired) electrons. The van der Waals surface area contributed by atoms with Crippen molar-refractivity contribution in [2.45, 2.75) is 52.4 Å². The quantitative estimate of drug-likeness (QED) is 0.817. The Morgan fingerprint density at radius 2 is 2.21 bits per heavy atom. The number of amides is 1. The van der Waals surface area contributed by atoms with Crippen molar-refractivity contribution in [3.05, 3.63) is 22.4 Å². The Bertz CT molecular complexity index is 384. The summed E-state index contributed by atoms with van der Waals surface area (Å²) < 4.78 is 5.10. The average molecular weight is 285 g/mol. The van der Waals surface area contributed by atoms with E-state index in [1.165, 1.54) is 4.88 Å². The average Bonchev–Trinajstić information content (AvgIpc) is 2.75. The minimum absolute atomic E-state index is 0.0189. The molecule has 0 saturated heterocycles. The first-order valence-corrected chi connectivity index (χ1v) is 7.36. The molecule has 0 spiro atoms. The lowest BCUT2D eigenvalue weighted by atomic mass is 10.0. The summed E-state index contributed by atoms with van der Waals surface area (Å²) in [6.07, 6.45) is 0.265. The van der Waals surface area contributed by atoms with Gasteiger partial charge in [-0.3, -0.25) is 5.32 Å². The number of ether oxygens (including phenoxy) is 1. The second-order valence-electron chi connectivity index (χ2n) is 5.69. The van der Waals surface area contributed by atoms with Crippen molar-refractivity contribution in [1.82, 2.24) is 5.32 Å². The third kappa shape index (κ3) is 6.59. The maximum absolute atomic E-state index is 11.5. The molecule has 0 aromatic carbocycles. The third-order valence-electron chi connectivity index (χ3n) is 2.63. The first-order valence-electron chi connectivity index (χ1n) is 6.48. The molecule has 5 heteroatoms. The zero-order valence-corrected chi connectivity index (χ0v) is 12.8. The Morgan fingerprint density at radius 1 is 1.53 bits per heavy atom. The van der Waals surface area contributed by atoms with E-state index >= 15 is 0 Å². The highest BCUT2D eigenvalue weighted by atomic mass is 32.1. The van der Waals surface area contributed by atoms with Crippen molar-refractivity contribution in [2.75, 3.05) is 0 Å². The number of aliphatic hydroxyl groups is 1. The fourth-order valence-corrected chi connectivity index (χ4v) is 2.28. The van der Waals surface area contributed by atoms with Gasteiger partial charge in [-0.05, 0) is 45.1 Å². The monoisotopic (exact) mass is 285 g/mol. The zero-order valence-electron chi connectivity index (χ0n) is 12.0. The number of thiophene rings is 1. The smallest absolute Gasteiger partial charge is 0.409 e. The van der Waals surface area contributed by atoms with Gasteiger partial charge >= 0.3 is 6.09 Å². The second kappa shape index (κ2) is 6.91. The molecule has 1 rings (SSSR count). The topological polar surface area (TPSA) is 58.6 Å². The van der Waals surface area contributed by atoms with Gasteiger partial charge in [0.15, 0.2) is 0 Å². The summed E-state index contributed by atoms with van der Waals surface area (Å²) in [5, 5.41) is 14.4. The Balaban J connectivity index is 2.32. The molecule has 1 aromatic rings. The number of carbonyl (C=O) groups excluding carboxylic acids is 1. The Labute approximate surface area is 118 Å². The highest BCUT2D eigenvalue weighted by molar-refractivity contribution is 7.09. The molecule has 1 amide bonds.